The molecule has 2 unspecified atom stereocenters. The van der Waals surface area contributed by atoms with Crippen LogP contribution in [0.3, 0.4) is 0 Å². The highest BCUT2D eigenvalue weighted by molar-refractivity contribution is 6.42. The molecule has 1 aromatic carbocycles. The summed E-state index contributed by atoms with van der Waals surface area (Å²) in [5.74, 6) is -0.314. The van der Waals surface area contributed by atoms with Crippen LogP contribution >= 0.6 is 23.2 Å². The summed E-state index contributed by atoms with van der Waals surface area (Å²) in [7, 11) is 0. The number of carbonyl (C=O) groups excluding carboxylic acids is 1. The second-order valence-corrected chi connectivity index (χ2v) is 4.95. The minimum atomic E-state index is -0.314. The number of nitrogens with two attached hydrogens (primary N) is 1. The second kappa shape index (κ2) is 6.24. The van der Waals surface area contributed by atoms with Crippen LogP contribution in [-0.4, -0.2) is 11.9 Å². The van der Waals surface area contributed by atoms with Gasteiger partial charge in [-0.1, -0.05) is 29.3 Å². The van der Waals surface area contributed by atoms with Gasteiger partial charge in [0.15, 0.2) is 0 Å². The number of nitrogens with one attached hydrogen (secondary N) is 1. The summed E-state index contributed by atoms with van der Waals surface area (Å²) in [5.41, 5.74) is 6.16. The topological polar surface area (TPSA) is 55.1 Å². The SMILES string of the molecule is CC(CC(N)=O)NC(C)c1ccc(Cl)c(Cl)c1. The molecule has 3 nitrogen and oxygen atoms in total. The first-order chi connectivity index (χ1) is 7.90. The Kier molecular flexibility index (Phi) is 5.25. The molecule has 5 heteroatoms. The summed E-state index contributed by atoms with van der Waals surface area (Å²) in [5, 5.41) is 4.33. The van der Waals surface area contributed by atoms with Gasteiger partial charge in [0.05, 0.1) is 10.0 Å². The Morgan fingerprint density at radius 3 is 2.53 bits per heavy atom. The van der Waals surface area contributed by atoms with Gasteiger partial charge in [0.2, 0.25) is 5.91 Å². The predicted octanol–water partition coefficient (Wildman–Crippen LogP) is 2.91. The van der Waals surface area contributed by atoms with Crippen molar-refractivity contribution in [3.8, 4) is 0 Å². The lowest BCUT2D eigenvalue weighted by molar-refractivity contribution is -0.118. The van der Waals surface area contributed by atoms with Crippen LogP contribution in [-0.2, 0) is 4.79 Å². The maximum Gasteiger partial charge on any atom is 0.218 e. The lowest BCUT2D eigenvalue weighted by Crippen LogP contribution is -2.32. The van der Waals surface area contributed by atoms with E-state index in [4.69, 9.17) is 28.9 Å². The van der Waals surface area contributed by atoms with Crippen LogP contribution in [0.1, 0.15) is 31.9 Å². The summed E-state index contributed by atoms with van der Waals surface area (Å²) in [6.45, 7) is 3.91. The summed E-state index contributed by atoms with van der Waals surface area (Å²) in [6, 6.07) is 5.59. The summed E-state index contributed by atoms with van der Waals surface area (Å²) >= 11 is 11.8. The molecule has 0 saturated carbocycles. The van der Waals surface area contributed by atoms with Crippen molar-refractivity contribution >= 4 is 29.1 Å². The van der Waals surface area contributed by atoms with Gasteiger partial charge in [0.25, 0.3) is 0 Å². The first-order valence-corrected chi connectivity index (χ1v) is 6.15. The normalized spacial score (nSPS) is 14.4. The van der Waals surface area contributed by atoms with Crippen LogP contribution in [0.4, 0.5) is 0 Å². The molecule has 94 valence electrons. The van der Waals surface area contributed by atoms with Gasteiger partial charge in [-0.15, -0.1) is 0 Å². The van der Waals surface area contributed by atoms with E-state index in [1.165, 1.54) is 0 Å². The highest BCUT2D eigenvalue weighted by atomic mass is 35.5. The van der Waals surface area contributed by atoms with Crippen LogP contribution in [0.2, 0.25) is 10.0 Å². The largest absolute Gasteiger partial charge is 0.370 e. The number of halogens is 2. The molecule has 0 bridgehead atoms. The fourth-order valence-corrected chi connectivity index (χ4v) is 1.97. The number of benzene rings is 1. The van der Waals surface area contributed by atoms with Crippen LogP contribution in [0.25, 0.3) is 0 Å². The number of primary amides is 1. The highest BCUT2D eigenvalue weighted by Gasteiger charge is 2.12. The van der Waals surface area contributed by atoms with E-state index in [1.807, 2.05) is 26.0 Å². The van der Waals surface area contributed by atoms with Crippen molar-refractivity contribution in [2.75, 3.05) is 0 Å². The molecule has 3 N–H and O–H groups in total. The molecule has 0 saturated heterocycles. The third kappa shape index (κ3) is 4.54. The average Bonchev–Trinajstić information content (AvgIpc) is 2.20. The Morgan fingerprint density at radius 2 is 2.00 bits per heavy atom. The number of carbonyl (C=O) groups is 1. The van der Waals surface area contributed by atoms with Crippen molar-refractivity contribution in [3.63, 3.8) is 0 Å². The highest BCUT2D eigenvalue weighted by Crippen LogP contribution is 2.25. The molecular weight excluding hydrogens is 259 g/mol. The molecule has 1 aromatic rings. The molecule has 0 aliphatic carbocycles. The average molecular weight is 275 g/mol. The van der Waals surface area contributed by atoms with Gasteiger partial charge in [-0.05, 0) is 31.5 Å². The van der Waals surface area contributed by atoms with Gasteiger partial charge in [-0.2, -0.15) is 0 Å². The fourth-order valence-electron chi connectivity index (χ4n) is 1.67. The third-order valence-corrected chi connectivity index (χ3v) is 3.22. The van der Waals surface area contributed by atoms with Gasteiger partial charge in [0.1, 0.15) is 0 Å². The Hall–Kier alpha value is -0.770. The van der Waals surface area contributed by atoms with Crippen LogP contribution in [0.15, 0.2) is 18.2 Å². The fraction of sp³-hybridized carbons (Fsp3) is 0.417. The van der Waals surface area contributed by atoms with Gasteiger partial charge in [-0.25, -0.2) is 0 Å². The third-order valence-electron chi connectivity index (χ3n) is 2.49. The molecule has 1 amide bonds. The van der Waals surface area contributed by atoms with E-state index in [0.29, 0.717) is 16.5 Å². The molecule has 0 aliphatic heterocycles. The Bertz CT molecular complexity index is 409. The van der Waals surface area contributed by atoms with E-state index in [9.17, 15) is 4.79 Å². The summed E-state index contributed by atoms with van der Waals surface area (Å²) < 4.78 is 0. The van der Waals surface area contributed by atoms with Crippen molar-refractivity contribution < 1.29 is 4.79 Å². The standard InChI is InChI=1S/C12H16Cl2N2O/c1-7(5-12(15)17)16-8(2)9-3-4-10(13)11(14)6-9/h3-4,6-8,16H,5H2,1-2H3,(H2,15,17). The number of hydrogen-bond acceptors (Lipinski definition) is 2. The summed E-state index contributed by atoms with van der Waals surface area (Å²) in [6.07, 6.45) is 0.311. The van der Waals surface area contributed by atoms with Crippen LogP contribution in [0.5, 0.6) is 0 Å². The minimum absolute atomic E-state index is 0.0250. The van der Waals surface area contributed by atoms with E-state index in [0.717, 1.165) is 5.56 Å². The molecule has 0 fully saturated rings. The van der Waals surface area contributed by atoms with E-state index in [-0.39, 0.29) is 18.0 Å². The van der Waals surface area contributed by atoms with E-state index >= 15 is 0 Å². The Labute approximate surface area is 111 Å². The molecule has 0 aliphatic rings. The van der Waals surface area contributed by atoms with E-state index in [1.54, 1.807) is 6.07 Å². The lowest BCUT2D eigenvalue weighted by Gasteiger charge is -2.19. The Balaban J connectivity index is 2.66. The minimum Gasteiger partial charge on any atom is -0.370 e. The quantitative estimate of drug-likeness (QED) is 0.868. The molecular formula is C12H16Cl2N2O. The van der Waals surface area contributed by atoms with Crippen LogP contribution in [0, 0.1) is 0 Å². The molecule has 0 spiro atoms. The molecule has 0 heterocycles. The van der Waals surface area contributed by atoms with E-state index < -0.39 is 0 Å². The monoisotopic (exact) mass is 274 g/mol. The maximum atomic E-state index is 10.8. The maximum absolute atomic E-state index is 10.8. The van der Waals surface area contributed by atoms with Gasteiger partial charge in [0, 0.05) is 18.5 Å². The molecule has 1 rings (SSSR count). The molecule has 0 radical (unpaired) electrons. The number of hydrogen-bond donors (Lipinski definition) is 2. The molecule has 2 atom stereocenters. The van der Waals surface area contributed by atoms with Crippen molar-refractivity contribution in [1.29, 1.82) is 0 Å². The van der Waals surface area contributed by atoms with Gasteiger partial charge < -0.3 is 11.1 Å². The molecule has 17 heavy (non-hydrogen) atoms. The van der Waals surface area contributed by atoms with Gasteiger partial charge in [-0.3, -0.25) is 4.79 Å². The van der Waals surface area contributed by atoms with Crippen molar-refractivity contribution in [2.45, 2.75) is 32.4 Å². The van der Waals surface area contributed by atoms with E-state index in [2.05, 4.69) is 5.32 Å². The predicted molar refractivity (Wildman–Crippen MR) is 71.3 cm³/mol. The van der Waals surface area contributed by atoms with Crippen molar-refractivity contribution in [3.05, 3.63) is 33.8 Å². The second-order valence-electron chi connectivity index (χ2n) is 4.13. The van der Waals surface area contributed by atoms with Gasteiger partial charge >= 0.3 is 0 Å². The Morgan fingerprint density at radius 1 is 1.35 bits per heavy atom. The zero-order chi connectivity index (χ0) is 13.0. The first-order valence-electron chi connectivity index (χ1n) is 5.39. The van der Waals surface area contributed by atoms with Crippen molar-refractivity contribution in [1.82, 2.24) is 5.32 Å². The summed E-state index contributed by atoms with van der Waals surface area (Å²) in [4.78, 5) is 10.8. The lowest BCUT2D eigenvalue weighted by atomic mass is 10.1. The zero-order valence-electron chi connectivity index (χ0n) is 9.84. The van der Waals surface area contributed by atoms with Crippen LogP contribution < -0.4 is 11.1 Å². The number of rotatable bonds is 5. The number of amides is 1. The van der Waals surface area contributed by atoms with Crippen molar-refractivity contribution in [2.24, 2.45) is 5.73 Å². The molecule has 0 aromatic heterocycles. The smallest absolute Gasteiger partial charge is 0.218 e. The zero-order valence-corrected chi connectivity index (χ0v) is 11.3. The first kappa shape index (κ1) is 14.3.